The molecule has 0 saturated carbocycles. The van der Waals surface area contributed by atoms with E-state index in [9.17, 15) is 9.59 Å². The zero-order chi connectivity index (χ0) is 18.2. The Hall–Kier alpha value is -1.92. The second-order valence-electron chi connectivity index (χ2n) is 7.34. The van der Waals surface area contributed by atoms with Gasteiger partial charge in [-0.3, -0.25) is 14.9 Å². The molecule has 3 rings (SSSR count). The molecule has 2 N–H and O–H groups in total. The van der Waals surface area contributed by atoms with Gasteiger partial charge >= 0.3 is 5.97 Å². The van der Waals surface area contributed by atoms with Crippen molar-refractivity contribution in [2.45, 2.75) is 39.3 Å². The van der Waals surface area contributed by atoms with Crippen LogP contribution in [0, 0.1) is 5.41 Å². The van der Waals surface area contributed by atoms with Crippen molar-refractivity contribution in [3.63, 3.8) is 0 Å². The molecule has 0 amide bonds. The Balaban J connectivity index is 1.85. The molecule has 2 heterocycles. The van der Waals surface area contributed by atoms with Crippen LogP contribution in [0.1, 0.15) is 49.3 Å². The molecule has 134 valence electrons. The van der Waals surface area contributed by atoms with Crippen LogP contribution >= 0.6 is 11.6 Å². The lowest BCUT2D eigenvalue weighted by Gasteiger charge is -2.23. The van der Waals surface area contributed by atoms with Crippen LogP contribution in [-0.4, -0.2) is 40.4 Å². The lowest BCUT2D eigenvalue weighted by Crippen LogP contribution is -2.36. The summed E-state index contributed by atoms with van der Waals surface area (Å²) in [5.74, 6) is 0.277. The van der Waals surface area contributed by atoms with Crippen molar-refractivity contribution in [1.82, 2.24) is 15.3 Å². The molecule has 0 aliphatic carbocycles. The number of aromatic amines is 1. The predicted octanol–water partition coefficient (Wildman–Crippen LogP) is 2.98. The van der Waals surface area contributed by atoms with Gasteiger partial charge in [-0.25, -0.2) is 4.98 Å². The highest BCUT2D eigenvalue weighted by Gasteiger charge is 2.36. The van der Waals surface area contributed by atoms with E-state index in [2.05, 4.69) is 15.3 Å². The maximum absolute atomic E-state index is 12.2. The third-order valence-corrected chi connectivity index (χ3v) is 4.55. The van der Waals surface area contributed by atoms with Gasteiger partial charge in [0.25, 0.3) is 0 Å². The van der Waals surface area contributed by atoms with Gasteiger partial charge in [-0.2, -0.15) is 0 Å². The molecule has 0 spiro atoms. The Bertz CT molecular complexity index is 809. The van der Waals surface area contributed by atoms with Crippen LogP contribution in [0.3, 0.4) is 0 Å². The molecule has 1 fully saturated rings. The molecule has 0 radical (unpaired) electrons. The molecule has 0 bridgehead atoms. The van der Waals surface area contributed by atoms with Crippen LogP contribution in [0.4, 0.5) is 0 Å². The Morgan fingerprint density at radius 2 is 2.12 bits per heavy atom. The van der Waals surface area contributed by atoms with Crippen LogP contribution < -0.4 is 5.32 Å². The monoisotopic (exact) mass is 363 g/mol. The molecule has 2 aromatic rings. The molecule has 1 saturated heterocycles. The maximum atomic E-state index is 12.2. The van der Waals surface area contributed by atoms with E-state index in [1.54, 1.807) is 18.2 Å². The molecule has 25 heavy (non-hydrogen) atoms. The average Bonchev–Trinajstić information content (AvgIpc) is 3.18. The van der Waals surface area contributed by atoms with Crippen LogP contribution in [0.5, 0.6) is 0 Å². The number of imidazole rings is 1. The van der Waals surface area contributed by atoms with Crippen molar-refractivity contribution in [1.29, 1.82) is 0 Å². The number of carbonyl (C=O) groups is 2. The largest absolute Gasteiger partial charge is 0.445 e. The Morgan fingerprint density at radius 1 is 1.36 bits per heavy atom. The predicted molar refractivity (Wildman–Crippen MR) is 95.8 cm³/mol. The van der Waals surface area contributed by atoms with Gasteiger partial charge in [0.1, 0.15) is 5.82 Å². The van der Waals surface area contributed by atoms with E-state index in [0.717, 1.165) is 29.8 Å². The fourth-order valence-electron chi connectivity index (χ4n) is 2.83. The summed E-state index contributed by atoms with van der Waals surface area (Å²) in [5, 5.41) is 3.22. The van der Waals surface area contributed by atoms with E-state index in [4.69, 9.17) is 16.3 Å². The van der Waals surface area contributed by atoms with E-state index in [1.807, 2.05) is 20.8 Å². The van der Waals surface area contributed by atoms with Crippen LogP contribution in [-0.2, 0) is 9.53 Å². The minimum Gasteiger partial charge on any atom is -0.445 e. The van der Waals surface area contributed by atoms with Crippen molar-refractivity contribution in [3.05, 3.63) is 29.6 Å². The van der Waals surface area contributed by atoms with Crippen molar-refractivity contribution >= 4 is 34.4 Å². The number of ether oxygens (including phenoxy) is 1. The number of nitrogens with zero attached hydrogens (tertiary/aromatic N) is 1. The molecule has 7 heteroatoms. The van der Waals surface area contributed by atoms with Gasteiger partial charge in [-0.1, -0.05) is 0 Å². The zero-order valence-corrected chi connectivity index (χ0v) is 15.3. The summed E-state index contributed by atoms with van der Waals surface area (Å²) in [6.07, 6.45) is 0.409. The third kappa shape index (κ3) is 3.70. The molecule has 1 aromatic carbocycles. The van der Waals surface area contributed by atoms with Gasteiger partial charge < -0.3 is 9.72 Å². The zero-order valence-electron chi connectivity index (χ0n) is 14.6. The standard InChI is InChI=1S/C18H22ClN3O3/c1-18(2,3)17(24)25-16-11(6-7-20-16)15-21-12-5-4-10(14(23)9-19)8-13(12)22-15/h4-5,8,11,16,20H,6-7,9H2,1-3H3,(H,21,22)/t11-,16?/m0/s1. The number of halogens is 1. The van der Waals surface area contributed by atoms with Crippen molar-refractivity contribution in [2.75, 3.05) is 12.4 Å². The Labute approximate surface area is 151 Å². The van der Waals surface area contributed by atoms with Gasteiger partial charge in [0.15, 0.2) is 12.0 Å². The summed E-state index contributed by atoms with van der Waals surface area (Å²) in [4.78, 5) is 31.8. The van der Waals surface area contributed by atoms with E-state index in [1.165, 1.54) is 0 Å². The number of carbonyl (C=O) groups excluding carboxylic acids is 2. The van der Waals surface area contributed by atoms with Gasteiger partial charge in [0.05, 0.1) is 28.2 Å². The van der Waals surface area contributed by atoms with E-state index >= 15 is 0 Å². The first kappa shape index (κ1) is 17.9. The lowest BCUT2D eigenvalue weighted by molar-refractivity contribution is -0.160. The number of benzene rings is 1. The maximum Gasteiger partial charge on any atom is 0.312 e. The first-order valence-corrected chi connectivity index (χ1v) is 8.86. The van der Waals surface area contributed by atoms with Crippen LogP contribution in [0.2, 0.25) is 0 Å². The van der Waals surface area contributed by atoms with Gasteiger partial charge in [-0.05, 0) is 51.9 Å². The number of hydrogen-bond donors (Lipinski definition) is 2. The molecule has 1 aliphatic heterocycles. The van der Waals surface area contributed by atoms with Crippen molar-refractivity contribution in [2.24, 2.45) is 5.41 Å². The Kier molecular flexibility index (Phi) is 4.84. The summed E-state index contributed by atoms with van der Waals surface area (Å²) in [6, 6.07) is 5.28. The van der Waals surface area contributed by atoms with E-state index in [-0.39, 0.29) is 23.6 Å². The van der Waals surface area contributed by atoms with E-state index < -0.39 is 11.6 Å². The number of esters is 1. The number of alkyl halides is 1. The fourth-order valence-corrected chi connectivity index (χ4v) is 2.98. The summed E-state index contributed by atoms with van der Waals surface area (Å²) < 4.78 is 5.64. The fraction of sp³-hybridized carbons (Fsp3) is 0.500. The summed E-state index contributed by atoms with van der Waals surface area (Å²) >= 11 is 5.62. The third-order valence-electron chi connectivity index (χ3n) is 4.31. The molecular formula is C18H22ClN3O3. The highest BCUT2D eigenvalue weighted by atomic mass is 35.5. The van der Waals surface area contributed by atoms with Gasteiger partial charge in [-0.15, -0.1) is 11.6 Å². The second kappa shape index (κ2) is 6.77. The van der Waals surface area contributed by atoms with Crippen molar-refractivity contribution < 1.29 is 14.3 Å². The minimum absolute atomic E-state index is 0.0501. The van der Waals surface area contributed by atoms with Crippen molar-refractivity contribution in [3.8, 4) is 0 Å². The summed E-state index contributed by atoms with van der Waals surface area (Å²) in [6.45, 7) is 6.24. The van der Waals surface area contributed by atoms with Gasteiger partial charge in [0.2, 0.25) is 0 Å². The average molecular weight is 364 g/mol. The minimum atomic E-state index is -0.556. The topological polar surface area (TPSA) is 84.1 Å². The van der Waals surface area contributed by atoms with Crippen LogP contribution in [0.15, 0.2) is 18.2 Å². The van der Waals surface area contributed by atoms with Gasteiger partial charge in [0, 0.05) is 5.56 Å². The quantitative estimate of drug-likeness (QED) is 0.495. The number of H-pyrrole nitrogens is 1. The SMILES string of the molecule is CC(C)(C)C(=O)OC1NCC[C@H]1c1nc2ccc(C(=O)CCl)cc2[nH]1. The lowest BCUT2D eigenvalue weighted by atomic mass is 9.97. The first-order valence-electron chi connectivity index (χ1n) is 8.33. The molecule has 2 atom stereocenters. The van der Waals surface area contributed by atoms with Crippen LogP contribution in [0.25, 0.3) is 11.0 Å². The molecular weight excluding hydrogens is 342 g/mol. The summed E-state index contributed by atoms with van der Waals surface area (Å²) in [5.41, 5.74) is 1.55. The Morgan fingerprint density at radius 3 is 2.80 bits per heavy atom. The number of Topliss-reactive ketones (excluding diaryl/α,β-unsaturated/α-hetero) is 1. The number of ketones is 1. The smallest absolute Gasteiger partial charge is 0.312 e. The molecule has 1 aromatic heterocycles. The first-order chi connectivity index (χ1) is 11.8. The summed E-state index contributed by atoms with van der Waals surface area (Å²) in [7, 11) is 0. The normalized spacial score (nSPS) is 20.8. The number of aromatic nitrogens is 2. The number of fused-ring (bicyclic) bond motifs is 1. The molecule has 6 nitrogen and oxygen atoms in total. The number of nitrogens with one attached hydrogen (secondary N) is 2. The molecule has 1 aliphatic rings. The molecule has 1 unspecified atom stereocenters. The highest BCUT2D eigenvalue weighted by molar-refractivity contribution is 6.30. The number of hydrogen-bond acceptors (Lipinski definition) is 5. The highest BCUT2D eigenvalue weighted by Crippen LogP contribution is 2.30. The number of rotatable bonds is 4. The second-order valence-corrected chi connectivity index (χ2v) is 7.60. The van der Waals surface area contributed by atoms with E-state index in [0.29, 0.717) is 5.56 Å².